The van der Waals surface area contributed by atoms with Crippen molar-refractivity contribution in [2.24, 2.45) is 12.0 Å². The zero-order valence-corrected chi connectivity index (χ0v) is 15.5. The Hall–Kier alpha value is -0.900. The van der Waals surface area contributed by atoms with Crippen LogP contribution in [0.25, 0.3) is 0 Å². The summed E-state index contributed by atoms with van der Waals surface area (Å²) >= 11 is 0. The van der Waals surface area contributed by atoms with E-state index in [9.17, 15) is 0 Å². The molecule has 0 saturated carbocycles. The van der Waals surface area contributed by atoms with E-state index in [2.05, 4.69) is 32.7 Å². The molecule has 1 saturated heterocycles. The largest absolute Gasteiger partial charge is 0.373 e. The van der Waals surface area contributed by atoms with Crippen LogP contribution in [0.5, 0.6) is 0 Å². The molecule has 1 aromatic rings. The summed E-state index contributed by atoms with van der Waals surface area (Å²) in [6, 6.07) is 0. The van der Waals surface area contributed by atoms with Crippen molar-refractivity contribution in [1.29, 1.82) is 0 Å². The Morgan fingerprint density at radius 1 is 1.43 bits per heavy atom. The van der Waals surface area contributed by atoms with Crippen molar-refractivity contribution in [2.75, 3.05) is 20.2 Å². The highest BCUT2D eigenvalue weighted by molar-refractivity contribution is 14.0. The third-order valence-electron chi connectivity index (χ3n) is 3.75. The minimum Gasteiger partial charge on any atom is -0.373 e. The fourth-order valence-electron chi connectivity index (χ4n) is 2.24. The summed E-state index contributed by atoms with van der Waals surface area (Å²) in [5, 5.41) is 14.7. The minimum absolute atomic E-state index is 0. The van der Waals surface area contributed by atoms with Crippen LogP contribution in [0.4, 0.5) is 0 Å². The number of guanidine groups is 1. The molecule has 0 aromatic carbocycles. The van der Waals surface area contributed by atoms with Gasteiger partial charge in [0.2, 0.25) is 0 Å². The van der Waals surface area contributed by atoms with Gasteiger partial charge in [-0.3, -0.25) is 4.99 Å². The Morgan fingerprint density at radius 2 is 2.19 bits per heavy atom. The monoisotopic (exact) mass is 408 g/mol. The van der Waals surface area contributed by atoms with E-state index < -0.39 is 0 Å². The third kappa shape index (κ3) is 4.80. The van der Waals surface area contributed by atoms with Crippen LogP contribution >= 0.6 is 24.0 Å². The maximum atomic E-state index is 5.75. The van der Waals surface area contributed by atoms with Crippen LogP contribution in [0.3, 0.4) is 0 Å². The number of hydrogen-bond donors (Lipinski definition) is 2. The van der Waals surface area contributed by atoms with Gasteiger partial charge in [0, 0.05) is 27.2 Å². The first-order chi connectivity index (χ1) is 9.54. The molecular weight excluding hydrogens is 383 g/mol. The molecule has 1 fully saturated rings. The average molecular weight is 408 g/mol. The van der Waals surface area contributed by atoms with Crippen LogP contribution < -0.4 is 10.6 Å². The van der Waals surface area contributed by atoms with Gasteiger partial charge in [0.25, 0.3) is 0 Å². The lowest BCUT2D eigenvalue weighted by molar-refractivity contribution is 0.0243. The molecule has 21 heavy (non-hydrogen) atoms. The molecule has 1 aliphatic rings. The van der Waals surface area contributed by atoms with E-state index >= 15 is 0 Å². The van der Waals surface area contributed by atoms with Gasteiger partial charge in [0.05, 0.1) is 12.1 Å². The fraction of sp³-hybridized carbons (Fsp3) is 0.769. The zero-order valence-electron chi connectivity index (χ0n) is 13.1. The molecule has 8 heteroatoms. The molecule has 2 N–H and O–H groups in total. The molecule has 0 bridgehead atoms. The molecule has 1 aromatic heterocycles. The minimum atomic E-state index is -0.0843. The van der Waals surface area contributed by atoms with Crippen molar-refractivity contribution in [3.05, 3.63) is 11.6 Å². The summed E-state index contributed by atoms with van der Waals surface area (Å²) in [7, 11) is 3.71. The van der Waals surface area contributed by atoms with E-state index in [-0.39, 0.29) is 29.6 Å². The van der Waals surface area contributed by atoms with E-state index in [0.29, 0.717) is 6.54 Å². The second-order valence-corrected chi connectivity index (χ2v) is 5.40. The first-order valence-electron chi connectivity index (χ1n) is 6.97. The van der Waals surface area contributed by atoms with Crippen LogP contribution in [0, 0.1) is 6.92 Å². The number of halogens is 1. The predicted molar refractivity (Wildman–Crippen MR) is 92.9 cm³/mol. The van der Waals surface area contributed by atoms with Crippen molar-refractivity contribution in [1.82, 2.24) is 25.4 Å². The van der Waals surface area contributed by atoms with E-state index in [1.165, 1.54) is 0 Å². The molecular formula is C13H25IN6O. The van der Waals surface area contributed by atoms with Gasteiger partial charge < -0.3 is 19.9 Å². The smallest absolute Gasteiger partial charge is 0.191 e. The van der Waals surface area contributed by atoms with E-state index in [1.807, 2.05) is 18.5 Å². The topological polar surface area (TPSA) is 76.4 Å². The molecule has 0 spiro atoms. The van der Waals surface area contributed by atoms with Crippen LogP contribution in [0.15, 0.2) is 4.99 Å². The molecule has 1 unspecified atom stereocenters. The number of aromatic nitrogens is 3. The summed E-state index contributed by atoms with van der Waals surface area (Å²) in [6.07, 6.45) is 2.21. The summed E-state index contributed by atoms with van der Waals surface area (Å²) in [5.74, 6) is 2.53. The lowest BCUT2D eigenvalue weighted by Crippen LogP contribution is -2.45. The fourth-order valence-corrected chi connectivity index (χ4v) is 2.24. The summed E-state index contributed by atoms with van der Waals surface area (Å²) in [6.45, 7) is 6.26. The SMILES string of the molecule is CN=C(NCc1nnc(C)n1C)NCC1(C)CCCO1.I. The van der Waals surface area contributed by atoms with Crippen molar-refractivity contribution in [3.8, 4) is 0 Å². The Kier molecular flexibility index (Phi) is 6.85. The molecule has 120 valence electrons. The normalized spacial score (nSPS) is 22.0. The van der Waals surface area contributed by atoms with Gasteiger partial charge in [-0.15, -0.1) is 34.2 Å². The highest BCUT2D eigenvalue weighted by Gasteiger charge is 2.29. The van der Waals surface area contributed by atoms with Gasteiger partial charge in [0.1, 0.15) is 5.82 Å². The highest BCUT2D eigenvalue weighted by Crippen LogP contribution is 2.23. The Labute approximate surface area is 143 Å². The van der Waals surface area contributed by atoms with Crippen molar-refractivity contribution in [2.45, 2.75) is 38.8 Å². The Morgan fingerprint density at radius 3 is 2.71 bits per heavy atom. The van der Waals surface area contributed by atoms with Crippen LogP contribution in [-0.4, -0.2) is 46.5 Å². The maximum Gasteiger partial charge on any atom is 0.191 e. The summed E-state index contributed by atoms with van der Waals surface area (Å²) < 4.78 is 7.71. The molecule has 7 nitrogen and oxygen atoms in total. The van der Waals surface area contributed by atoms with Crippen LogP contribution in [0.1, 0.15) is 31.4 Å². The quantitative estimate of drug-likeness (QED) is 0.441. The number of aryl methyl sites for hydroxylation is 1. The van der Waals surface area contributed by atoms with Crippen LogP contribution in [0.2, 0.25) is 0 Å². The second-order valence-electron chi connectivity index (χ2n) is 5.40. The zero-order chi connectivity index (χ0) is 14.6. The van der Waals surface area contributed by atoms with Gasteiger partial charge in [-0.1, -0.05) is 0 Å². The predicted octanol–water partition coefficient (Wildman–Crippen LogP) is 0.976. The number of hydrogen-bond acceptors (Lipinski definition) is 4. The number of aliphatic imine (C=N–C) groups is 1. The lowest BCUT2D eigenvalue weighted by Gasteiger charge is -2.24. The summed E-state index contributed by atoms with van der Waals surface area (Å²) in [4.78, 5) is 4.21. The standard InChI is InChI=1S/C13H24N6O.HI/c1-10-17-18-11(19(10)4)8-15-12(14-3)16-9-13(2)6-5-7-20-13;/h5-9H2,1-4H3,(H2,14,15,16);1H. The third-order valence-corrected chi connectivity index (χ3v) is 3.75. The number of ether oxygens (including phenoxy) is 1. The first-order valence-corrected chi connectivity index (χ1v) is 6.97. The van der Waals surface area contributed by atoms with Crippen molar-refractivity contribution in [3.63, 3.8) is 0 Å². The summed E-state index contributed by atoms with van der Waals surface area (Å²) in [5.41, 5.74) is -0.0843. The highest BCUT2D eigenvalue weighted by atomic mass is 127. The van der Waals surface area contributed by atoms with Gasteiger partial charge in [-0.05, 0) is 26.7 Å². The number of nitrogens with zero attached hydrogens (tertiary/aromatic N) is 4. The first kappa shape index (κ1) is 18.1. The van der Waals surface area contributed by atoms with Crippen molar-refractivity contribution < 1.29 is 4.74 Å². The molecule has 0 amide bonds. The van der Waals surface area contributed by atoms with Gasteiger partial charge in [-0.25, -0.2) is 0 Å². The molecule has 0 radical (unpaired) electrons. The second kappa shape index (κ2) is 7.92. The van der Waals surface area contributed by atoms with Gasteiger partial charge in [0.15, 0.2) is 11.8 Å². The van der Waals surface area contributed by atoms with E-state index in [4.69, 9.17) is 4.74 Å². The number of nitrogens with one attached hydrogen (secondary N) is 2. The Bertz CT molecular complexity index is 481. The van der Waals surface area contributed by atoms with Gasteiger partial charge in [-0.2, -0.15) is 0 Å². The number of rotatable bonds is 4. The molecule has 2 heterocycles. The average Bonchev–Trinajstić information content (AvgIpc) is 3.00. The molecule has 0 aliphatic carbocycles. The van der Waals surface area contributed by atoms with Crippen molar-refractivity contribution >= 4 is 29.9 Å². The Balaban J connectivity index is 0.00000220. The lowest BCUT2D eigenvalue weighted by atomic mass is 10.0. The van der Waals surface area contributed by atoms with Crippen LogP contribution in [-0.2, 0) is 18.3 Å². The molecule has 1 aliphatic heterocycles. The molecule has 2 rings (SSSR count). The molecule has 1 atom stereocenters. The maximum absolute atomic E-state index is 5.75. The van der Waals surface area contributed by atoms with E-state index in [0.717, 1.165) is 43.6 Å². The van der Waals surface area contributed by atoms with E-state index in [1.54, 1.807) is 7.05 Å². The van der Waals surface area contributed by atoms with Gasteiger partial charge >= 0.3 is 0 Å².